The lowest BCUT2D eigenvalue weighted by atomic mass is 9.84. The van der Waals surface area contributed by atoms with Crippen LogP contribution in [0.4, 0.5) is 15.3 Å². The van der Waals surface area contributed by atoms with Gasteiger partial charge in [0, 0.05) is 62.2 Å². The summed E-state index contributed by atoms with van der Waals surface area (Å²) in [7, 11) is 0. The number of rotatable bonds is 7. The van der Waals surface area contributed by atoms with Crippen LogP contribution in [0.15, 0.2) is 48.7 Å². The van der Waals surface area contributed by atoms with Gasteiger partial charge in [0.2, 0.25) is 0 Å². The molecular weight excluding hydrogens is 570 g/mol. The molecule has 4 aliphatic heterocycles. The molecule has 45 heavy (non-hydrogen) atoms. The number of carbonyl (C=O) groups excluding carboxylic acids is 3. The van der Waals surface area contributed by atoms with Crippen LogP contribution in [0.25, 0.3) is 10.9 Å². The van der Waals surface area contributed by atoms with Gasteiger partial charge in [-0.05, 0) is 74.5 Å². The molecule has 5 heterocycles. The van der Waals surface area contributed by atoms with Gasteiger partial charge < -0.3 is 24.6 Å². The number of urea groups is 1. The first-order valence-corrected chi connectivity index (χ1v) is 16.5. The molecule has 0 unspecified atom stereocenters. The zero-order chi connectivity index (χ0) is 30.8. The van der Waals surface area contributed by atoms with Crippen LogP contribution in [0.1, 0.15) is 62.5 Å². The summed E-state index contributed by atoms with van der Waals surface area (Å²) in [6, 6.07) is 14.0. The molecule has 3 aromatic rings. The number of piperidine rings is 3. The van der Waals surface area contributed by atoms with Gasteiger partial charge in [0.25, 0.3) is 0 Å². The number of ether oxygens (including phenoxy) is 1. The van der Waals surface area contributed by atoms with Crippen molar-refractivity contribution in [1.29, 1.82) is 0 Å². The number of para-hydroxylation sites is 1. The lowest BCUT2D eigenvalue weighted by Crippen LogP contribution is -2.70. The van der Waals surface area contributed by atoms with Crippen LogP contribution in [0.3, 0.4) is 0 Å². The predicted octanol–water partition coefficient (Wildman–Crippen LogP) is 4.95. The maximum absolute atomic E-state index is 14.0. The van der Waals surface area contributed by atoms with Gasteiger partial charge in [0.1, 0.15) is 18.6 Å². The highest BCUT2D eigenvalue weighted by Gasteiger charge is 2.52. The Morgan fingerprint density at radius 3 is 2.62 bits per heavy atom. The van der Waals surface area contributed by atoms with E-state index >= 15 is 0 Å². The number of hydrogen-bond acceptors (Lipinski definition) is 7. The zero-order valence-electron chi connectivity index (χ0n) is 25.8. The minimum absolute atomic E-state index is 0.124. The Morgan fingerprint density at radius 1 is 1.00 bits per heavy atom. The van der Waals surface area contributed by atoms with Gasteiger partial charge in [0.05, 0.1) is 11.7 Å². The fraction of sp³-hybridized carbons (Fsp3) is 0.529. The third-order valence-corrected chi connectivity index (χ3v) is 10.5. The first-order valence-electron chi connectivity index (χ1n) is 16.5. The van der Waals surface area contributed by atoms with E-state index in [1.54, 1.807) is 11.1 Å². The molecular formula is C34H43N7O4. The zero-order valence-corrected chi connectivity index (χ0v) is 25.8. The number of aromatic nitrogens is 2. The number of nitrogens with zero attached hydrogens (tertiary/aromatic N) is 5. The molecule has 11 nitrogen and oxygen atoms in total. The number of nitrogens with one attached hydrogen (secondary N) is 2. The molecule has 3 amide bonds. The average molecular weight is 614 g/mol. The highest BCUT2D eigenvalue weighted by atomic mass is 16.6. The van der Waals surface area contributed by atoms with Crippen molar-refractivity contribution in [3.05, 3.63) is 59.8 Å². The molecule has 2 aromatic carbocycles. The van der Waals surface area contributed by atoms with Crippen LogP contribution >= 0.6 is 0 Å². The Balaban J connectivity index is 1.13. The molecule has 1 aromatic heterocycles. The van der Waals surface area contributed by atoms with Gasteiger partial charge in [0.15, 0.2) is 0 Å². The molecule has 2 atom stereocenters. The van der Waals surface area contributed by atoms with E-state index in [2.05, 4.69) is 25.3 Å². The summed E-state index contributed by atoms with van der Waals surface area (Å²) in [5, 5.41) is 11.0. The second kappa shape index (κ2) is 12.8. The first-order chi connectivity index (χ1) is 22.0. The highest BCUT2D eigenvalue weighted by Crippen LogP contribution is 2.40. The SMILES string of the molecule is O=CC[C@@]1(N2CCC(N3CCCCC3)CC2)C[C@H](N2Cc3ccccc3NC2=O)CCN1C(=O)OCc1ccc2[nH]ncc2c1. The van der Waals surface area contributed by atoms with Crippen LogP contribution in [0.2, 0.25) is 0 Å². The van der Waals surface area contributed by atoms with E-state index < -0.39 is 11.8 Å². The molecule has 0 saturated carbocycles. The molecule has 3 fully saturated rings. The summed E-state index contributed by atoms with van der Waals surface area (Å²) in [6.07, 6.45) is 9.35. The summed E-state index contributed by atoms with van der Waals surface area (Å²) in [5.74, 6) is 0. The molecule has 4 aliphatic rings. The smallest absolute Gasteiger partial charge is 0.411 e. The number of aromatic amines is 1. The van der Waals surface area contributed by atoms with E-state index in [0.717, 1.165) is 73.0 Å². The van der Waals surface area contributed by atoms with Crippen molar-refractivity contribution in [3.8, 4) is 0 Å². The van der Waals surface area contributed by atoms with E-state index in [1.165, 1.54) is 19.3 Å². The van der Waals surface area contributed by atoms with Gasteiger partial charge in [-0.1, -0.05) is 30.7 Å². The van der Waals surface area contributed by atoms with Crippen molar-refractivity contribution >= 4 is 35.0 Å². The lowest BCUT2D eigenvalue weighted by molar-refractivity contribution is -0.129. The molecule has 0 radical (unpaired) electrons. The third kappa shape index (κ3) is 5.91. The Kier molecular flexibility index (Phi) is 8.46. The molecule has 3 saturated heterocycles. The molecule has 238 valence electrons. The summed E-state index contributed by atoms with van der Waals surface area (Å²) in [6.45, 7) is 4.91. The van der Waals surface area contributed by atoms with Crippen molar-refractivity contribution in [2.75, 3.05) is 38.0 Å². The number of fused-ring (bicyclic) bond motifs is 2. The van der Waals surface area contributed by atoms with E-state index in [-0.39, 0.29) is 25.1 Å². The van der Waals surface area contributed by atoms with Gasteiger partial charge >= 0.3 is 12.1 Å². The minimum Gasteiger partial charge on any atom is -0.445 e. The topological polar surface area (TPSA) is 114 Å². The molecule has 0 spiro atoms. The number of H-pyrrole nitrogens is 1. The van der Waals surface area contributed by atoms with Gasteiger partial charge in [-0.2, -0.15) is 5.10 Å². The van der Waals surface area contributed by atoms with Crippen molar-refractivity contribution in [2.24, 2.45) is 0 Å². The van der Waals surface area contributed by atoms with Crippen LogP contribution in [-0.2, 0) is 22.7 Å². The Hall–Kier alpha value is -3.96. The molecule has 0 bridgehead atoms. The minimum atomic E-state index is -0.875. The lowest BCUT2D eigenvalue weighted by Gasteiger charge is -2.57. The Bertz CT molecular complexity index is 1530. The second-order valence-corrected chi connectivity index (χ2v) is 13.0. The molecule has 11 heteroatoms. The van der Waals surface area contributed by atoms with Crippen LogP contribution in [-0.4, -0.2) is 98.7 Å². The summed E-state index contributed by atoms with van der Waals surface area (Å²) in [5.41, 5.74) is 2.83. The summed E-state index contributed by atoms with van der Waals surface area (Å²) in [4.78, 5) is 48.5. The Morgan fingerprint density at radius 2 is 1.80 bits per heavy atom. The fourth-order valence-corrected chi connectivity index (χ4v) is 8.11. The maximum atomic E-state index is 14.0. The summed E-state index contributed by atoms with van der Waals surface area (Å²) < 4.78 is 5.96. The normalized spacial score (nSPS) is 25.2. The Labute approximate surface area is 263 Å². The number of amides is 3. The standard InChI is InChI=1S/C34H43N7O4/c42-19-13-34(39-16-10-28(11-17-39)38-14-4-1-5-15-38)21-29(40-23-26-6-2-3-7-30(26)36-32(40)43)12-18-41(34)33(44)45-24-25-8-9-31-27(20-25)22-35-37-31/h2-3,6-9,19-20,22,28-29H,1,4-5,10-18,21,23-24H2,(H,35,37)(H,36,43)/t29-,34+/m1/s1. The van der Waals surface area contributed by atoms with Gasteiger partial charge in [-0.3, -0.25) is 14.9 Å². The molecule has 2 N–H and O–H groups in total. The number of anilines is 1. The van der Waals surface area contributed by atoms with Crippen LogP contribution in [0.5, 0.6) is 0 Å². The molecule has 0 aliphatic carbocycles. The fourth-order valence-electron chi connectivity index (χ4n) is 8.11. The average Bonchev–Trinajstić information content (AvgIpc) is 3.56. The molecule has 7 rings (SSSR count). The number of aldehydes is 1. The van der Waals surface area contributed by atoms with E-state index in [1.807, 2.05) is 47.4 Å². The van der Waals surface area contributed by atoms with Crippen molar-refractivity contribution in [2.45, 2.75) is 82.3 Å². The van der Waals surface area contributed by atoms with Gasteiger partial charge in [-0.25, -0.2) is 9.59 Å². The third-order valence-electron chi connectivity index (χ3n) is 10.5. The van der Waals surface area contributed by atoms with Crippen molar-refractivity contribution in [1.82, 2.24) is 29.8 Å². The number of benzene rings is 2. The van der Waals surface area contributed by atoms with Crippen LogP contribution in [0, 0.1) is 0 Å². The number of likely N-dealkylation sites (tertiary alicyclic amines) is 3. The monoisotopic (exact) mass is 613 g/mol. The largest absolute Gasteiger partial charge is 0.445 e. The second-order valence-electron chi connectivity index (χ2n) is 13.0. The van der Waals surface area contributed by atoms with Gasteiger partial charge in [-0.15, -0.1) is 0 Å². The van der Waals surface area contributed by atoms with E-state index in [9.17, 15) is 14.4 Å². The summed E-state index contributed by atoms with van der Waals surface area (Å²) >= 11 is 0. The van der Waals surface area contributed by atoms with Crippen molar-refractivity contribution < 1.29 is 19.1 Å². The number of hydrogen-bond donors (Lipinski definition) is 2. The predicted molar refractivity (Wildman–Crippen MR) is 170 cm³/mol. The van der Waals surface area contributed by atoms with Crippen LogP contribution < -0.4 is 5.32 Å². The first kappa shape index (κ1) is 29.7. The number of carbonyl (C=O) groups is 3. The highest BCUT2D eigenvalue weighted by molar-refractivity contribution is 5.92. The van der Waals surface area contributed by atoms with E-state index in [4.69, 9.17) is 4.74 Å². The maximum Gasteiger partial charge on any atom is 0.411 e. The van der Waals surface area contributed by atoms with Crippen molar-refractivity contribution in [3.63, 3.8) is 0 Å². The quantitative estimate of drug-likeness (QED) is 0.363. The van der Waals surface area contributed by atoms with E-state index in [0.29, 0.717) is 32.0 Å².